The van der Waals surface area contributed by atoms with Gasteiger partial charge in [0.25, 0.3) is 5.91 Å². The van der Waals surface area contributed by atoms with E-state index in [2.05, 4.69) is 10.1 Å². The maximum absolute atomic E-state index is 12.9. The van der Waals surface area contributed by atoms with Crippen LogP contribution >= 0.6 is 0 Å². The second kappa shape index (κ2) is 7.84. The number of rotatable bonds is 5. The van der Waals surface area contributed by atoms with E-state index in [1.165, 1.54) is 12.8 Å². The van der Waals surface area contributed by atoms with Crippen LogP contribution in [0.4, 0.5) is 0 Å². The Kier molecular flexibility index (Phi) is 5.10. The summed E-state index contributed by atoms with van der Waals surface area (Å²) in [5.41, 5.74) is 2.03. The lowest BCUT2D eigenvalue weighted by Crippen LogP contribution is -2.26. The van der Waals surface area contributed by atoms with Crippen molar-refractivity contribution in [2.24, 2.45) is 0 Å². The maximum Gasteiger partial charge on any atom is 0.254 e. The largest absolute Gasteiger partial charge is 0.507 e. The first kappa shape index (κ1) is 18.2. The van der Waals surface area contributed by atoms with Crippen LogP contribution in [0.3, 0.4) is 0 Å². The van der Waals surface area contributed by atoms with Gasteiger partial charge in [-0.1, -0.05) is 48.3 Å². The quantitative estimate of drug-likeness (QED) is 0.714. The van der Waals surface area contributed by atoms with Crippen LogP contribution < -0.4 is 0 Å². The lowest BCUT2D eigenvalue weighted by Gasteiger charge is -2.16. The molecule has 0 spiro atoms. The molecule has 4 rings (SSSR count). The highest BCUT2D eigenvalue weighted by atomic mass is 16.5. The molecule has 1 aromatic heterocycles. The van der Waals surface area contributed by atoms with Gasteiger partial charge in [-0.2, -0.15) is 4.98 Å². The Morgan fingerprint density at radius 3 is 2.75 bits per heavy atom. The van der Waals surface area contributed by atoms with Crippen molar-refractivity contribution in [3.63, 3.8) is 0 Å². The summed E-state index contributed by atoms with van der Waals surface area (Å²) < 4.78 is 5.40. The van der Waals surface area contributed by atoms with Gasteiger partial charge in [-0.25, -0.2) is 0 Å². The van der Waals surface area contributed by atoms with E-state index >= 15 is 0 Å². The van der Waals surface area contributed by atoms with Crippen molar-refractivity contribution in [3.8, 4) is 16.9 Å². The molecule has 1 amide bonds. The molecule has 1 aliphatic carbocycles. The van der Waals surface area contributed by atoms with E-state index in [0.29, 0.717) is 28.8 Å². The van der Waals surface area contributed by atoms with Gasteiger partial charge in [0.15, 0.2) is 5.82 Å². The second-order valence-electron chi connectivity index (χ2n) is 7.29. The third-order valence-corrected chi connectivity index (χ3v) is 5.24. The Hall–Kier alpha value is -3.15. The molecule has 3 aromatic rings. The van der Waals surface area contributed by atoms with E-state index in [-0.39, 0.29) is 18.2 Å². The summed E-state index contributed by atoms with van der Waals surface area (Å²) >= 11 is 0. The molecule has 0 radical (unpaired) electrons. The van der Waals surface area contributed by atoms with Crippen LogP contribution in [0.25, 0.3) is 11.1 Å². The van der Waals surface area contributed by atoms with Gasteiger partial charge in [-0.3, -0.25) is 4.79 Å². The van der Waals surface area contributed by atoms with Crippen molar-refractivity contribution in [2.45, 2.75) is 38.1 Å². The summed E-state index contributed by atoms with van der Waals surface area (Å²) in [5.74, 6) is 1.62. The van der Waals surface area contributed by atoms with Crippen LogP contribution in [0, 0.1) is 0 Å². The molecule has 0 aliphatic heterocycles. The Labute approximate surface area is 163 Å². The molecule has 1 fully saturated rings. The van der Waals surface area contributed by atoms with E-state index < -0.39 is 0 Å². The van der Waals surface area contributed by atoms with Gasteiger partial charge in [0.1, 0.15) is 5.75 Å². The van der Waals surface area contributed by atoms with Gasteiger partial charge in [0.05, 0.1) is 6.54 Å². The number of aromatic nitrogens is 2. The fourth-order valence-electron chi connectivity index (χ4n) is 3.71. The molecule has 1 aliphatic rings. The number of hydrogen-bond acceptors (Lipinski definition) is 5. The van der Waals surface area contributed by atoms with Crippen molar-refractivity contribution in [3.05, 3.63) is 65.8 Å². The lowest BCUT2D eigenvalue weighted by atomic mass is 10.0. The topological polar surface area (TPSA) is 79.5 Å². The molecule has 6 heteroatoms. The summed E-state index contributed by atoms with van der Waals surface area (Å²) in [6.07, 6.45) is 4.59. The van der Waals surface area contributed by atoms with E-state index in [1.54, 1.807) is 36.2 Å². The molecule has 2 aromatic carbocycles. The summed E-state index contributed by atoms with van der Waals surface area (Å²) in [4.78, 5) is 18.9. The average molecular weight is 377 g/mol. The van der Waals surface area contributed by atoms with Crippen LogP contribution in [0.5, 0.6) is 5.75 Å². The van der Waals surface area contributed by atoms with Crippen LogP contribution in [0.15, 0.2) is 53.1 Å². The minimum absolute atomic E-state index is 0.135. The summed E-state index contributed by atoms with van der Waals surface area (Å²) in [5, 5.41) is 14.1. The summed E-state index contributed by atoms with van der Waals surface area (Å²) in [6, 6.07) is 14.3. The third kappa shape index (κ3) is 3.76. The van der Waals surface area contributed by atoms with Gasteiger partial charge >= 0.3 is 0 Å². The standard InChI is InChI=1S/C22H23N3O3/c1-25(14-20-23-21(28-24-20)15-7-2-3-8-15)22(27)17-10-6-9-16(13-17)18-11-4-5-12-19(18)26/h4-6,9-13,15,26H,2-3,7-8,14H2,1H3. The molecular formula is C22H23N3O3. The Morgan fingerprint density at radius 2 is 1.96 bits per heavy atom. The van der Waals surface area contributed by atoms with E-state index in [4.69, 9.17) is 4.52 Å². The molecular weight excluding hydrogens is 354 g/mol. The smallest absolute Gasteiger partial charge is 0.254 e. The monoisotopic (exact) mass is 377 g/mol. The van der Waals surface area contributed by atoms with Gasteiger partial charge in [0, 0.05) is 24.1 Å². The number of phenols is 1. The third-order valence-electron chi connectivity index (χ3n) is 5.24. The first-order valence-electron chi connectivity index (χ1n) is 9.58. The van der Waals surface area contributed by atoms with Gasteiger partial charge in [-0.15, -0.1) is 0 Å². The lowest BCUT2D eigenvalue weighted by molar-refractivity contribution is 0.0780. The molecule has 0 saturated heterocycles. The fourth-order valence-corrected chi connectivity index (χ4v) is 3.71. The normalized spacial score (nSPS) is 14.3. The molecule has 1 N–H and O–H groups in total. The van der Waals surface area contributed by atoms with Crippen LogP contribution in [-0.2, 0) is 6.54 Å². The Bertz CT molecular complexity index is 976. The zero-order valence-electron chi connectivity index (χ0n) is 15.8. The minimum Gasteiger partial charge on any atom is -0.507 e. The molecule has 0 bridgehead atoms. The first-order chi connectivity index (χ1) is 13.6. The zero-order valence-corrected chi connectivity index (χ0v) is 15.8. The van der Waals surface area contributed by atoms with Crippen molar-refractivity contribution < 1.29 is 14.4 Å². The maximum atomic E-state index is 12.9. The van der Waals surface area contributed by atoms with Crippen molar-refractivity contribution in [2.75, 3.05) is 7.05 Å². The molecule has 1 saturated carbocycles. The van der Waals surface area contributed by atoms with Crippen LogP contribution in [0.1, 0.15) is 53.7 Å². The summed E-state index contributed by atoms with van der Waals surface area (Å²) in [6.45, 7) is 0.288. The number of hydrogen-bond donors (Lipinski definition) is 1. The van der Waals surface area contributed by atoms with Crippen molar-refractivity contribution in [1.29, 1.82) is 0 Å². The highest BCUT2D eigenvalue weighted by molar-refractivity contribution is 5.95. The predicted molar refractivity (Wildman–Crippen MR) is 105 cm³/mol. The second-order valence-corrected chi connectivity index (χ2v) is 7.29. The molecule has 1 heterocycles. The molecule has 28 heavy (non-hydrogen) atoms. The fraction of sp³-hybridized carbons (Fsp3) is 0.318. The Morgan fingerprint density at radius 1 is 1.18 bits per heavy atom. The number of benzene rings is 2. The molecule has 0 atom stereocenters. The number of nitrogens with zero attached hydrogens (tertiary/aromatic N) is 3. The van der Waals surface area contributed by atoms with E-state index in [0.717, 1.165) is 18.4 Å². The van der Waals surface area contributed by atoms with Crippen LogP contribution in [0.2, 0.25) is 0 Å². The number of phenolic OH excluding ortho intramolecular Hbond substituents is 1. The first-order valence-corrected chi connectivity index (χ1v) is 9.58. The van der Waals surface area contributed by atoms with Crippen molar-refractivity contribution >= 4 is 5.91 Å². The summed E-state index contributed by atoms with van der Waals surface area (Å²) in [7, 11) is 1.72. The average Bonchev–Trinajstić information content (AvgIpc) is 3.39. The SMILES string of the molecule is CN(Cc1noc(C2CCCC2)n1)C(=O)c1cccc(-c2ccccc2O)c1. The van der Waals surface area contributed by atoms with E-state index in [9.17, 15) is 9.90 Å². The number of para-hydroxylation sites is 1. The number of carbonyl (C=O) groups excluding carboxylic acids is 1. The minimum atomic E-state index is -0.135. The van der Waals surface area contributed by atoms with E-state index in [1.807, 2.05) is 24.3 Å². The molecule has 0 unspecified atom stereocenters. The van der Waals surface area contributed by atoms with Gasteiger partial charge in [-0.05, 0) is 36.6 Å². The zero-order chi connectivity index (χ0) is 19.5. The van der Waals surface area contributed by atoms with Crippen molar-refractivity contribution in [1.82, 2.24) is 15.0 Å². The molecule has 144 valence electrons. The number of aromatic hydroxyl groups is 1. The molecule has 6 nitrogen and oxygen atoms in total. The predicted octanol–water partition coefficient (Wildman–Crippen LogP) is 4.37. The highest BCUT2D eigenvalue weighted by Crippen LogP contribution is 2.33. The van der Waals surface area contributed by atoms with Gasteiger partial charge in [0.2, 0.25) is 5.89 Å². The highest BCUT2D eigenvalue weighted by Gasteiger charge is 2.24. The number of amides is 1. The Balaban J connectivity index is 1.48. The number of carbonyl (C=O) groups is 1. The van der Waals surface area contributed by atoms with Crippen LogP contribution in [-0.4, -0.2) is 33.1 Å². The van der Waals surface area contributed by atoms with Gasteiger partial charge < -0.3 is 14.5 Å².